The van der Waals surface area contributed by atoms with Gasteiger partial charge in [-0.25, -0.2) is 9.97 Å². The number of fused-ring (bicyclic) bond motifs is 2. The van der Waals surface area contributed by atoms with Crippen molar-refractivity contribution in [1.29, 1.82) is 0 Å². The van der Waals surface area contributed by atoms with E-state index in [1.54, 1.807) is 25.5 Å². The third-order valence-electron chi connectivity index (χ3n) is 6.19. The lowest BCUT2D eigenvalue weighted by atomic mass is 9.95. The Kier molecular flexibility index (Phi) is 5.80. The highest BCUT2D eigenvalue weighted by molar-refractivity contribution is 7.17. The average Bonchev–Trinajstić information content (AvgIpc) is 3.65. The van der Waals surface area contributed by atoms with Crippen molar-refractivity contribution >= 4 is 50.8 Å². The van der Waals surface area contributed by atoms with E-state index < -0.39 is 5.41 Å². The normalized spacial score (nSPS) is 11.8. The summed E-state index contributed by atoms with van der Waals surface area (Å²) in [7, 11) is 0. The van der Waals surface area contributed by atoms with E-state index in [4.69, 9.17) is 9.97 Å². The molecular formula is C28H24N8O2S. The van der Waals surface area contributed by atoms with Gasteiger partial charge in [-0.05, 0) is 43.3 Å². The molecule has 1 amide bonds. The van der Waals surface area contributed by atoms with Crippen LogP contribution in [0.5, 0.6) is 0 Å². The summed E-state index contributed by atoms with van der Waals surface area (Å²) in [5.41, 5.74) is 5.64. The van der Waals surface area contributed by atoms with E-state index in [0.717, 1.165) is 21.5 Å². The number of imidazole rings is 1. The summed E-state index contributed by atoms with van der Waals surface area (Å²) in [6.07, 6.45) is 5.03. The lowest BCUT2D eigenvalue weighted by Crippen LogP contribution is -2.27. The second kappa shape index (κ2) is 9.21. The molecule has 0 aliphatic rings. The molecule has 0 radical (unpaired) electrons. The van der Waals surface area contributed by atoms with Crippen molar-refractivity contribution in [3.05, 3.63) is 59.9 Å². The maximum Gasteiger partial charge on any atom is 0.229 e. The molecule has 11 heteroatoms. The number of nitrogens with one attached hydrogen (secondary N) is 3. The Bertz CT molecular complexity index is 1890. The Morgan fingerprint density at radius 2 is 1.77 bits per heavy atom. The van der Waals surface area contributed by atoms with Crippen LogP contribution in [0.2, 0.25) is 0 Å². The molecule has 39 heavy (non-hydrogen) atoms. The molecule has 0 aliphatic heterocycles. The third kappa shape index (κ3) is 4.57. The fourth-order valence-corrected chi connectivity index (χ4v) is 4.97. The summed E-state index contributed by atoms with van der Waals surface area (Å²) in [4.78, 5) is 47.7. The highest BCUT2D eigenvalue weighted by atomic mass is 32.1. The van der Waals surface area contributed by atoms with Gasteiger partial charge in [-0.2, -0.15) is 5.10 Å². The molecule has 6 aromatic heterocycles. The molecule has 6 rings (SSSR count). The number of ketones is 1. The van der Waals surface area contributed by atoms with E-state index >= 15 is 0 Å². The minimum absolute atomic E-state index is 0.0170. The number of hydrogen-bond donors (Lipinski definition) is 3. The van der Waals surface area contributed by atoms with Gasteiger partial charge in [-0.15, -0.1) is 11.3 Å². The largest absolute Gasteiger partial charge is 0.336 e. The van der Waals surface area contributed by atoms with Gasteiger partial charge in [0.15, 0.2) is 17.3 Å². The number of thiophene rings is 1. The molecule has 0 spiro atoms. The molecule has 0 atom stereocenters. The number of carbonyl (C=O) groups is 2. The first-order chi connectivity index (χ1) is 18.7. The molecule has 0 saturated carbocycles. The van der Waals surface area contributed by atoms with Crippen LogP contribution >= 0.6 is 11.3 Å². The first kappa shape index (κ1) is 24.6. The number of anilines is 1. The Balaban J connectivity index is 1.39. The van der Waals surface area contributed by atoms with Crippen molar-refractivity contribution in [2.24, 2.45) is 5.41 Å². The number of nitrogens with zero attached hydrogens (tertiary/aromatic N) is 5. The zero-order chi connectivity index (χ0) is 27.3. The molecule has 0 fully saturated rings. The molecule has 0 bridgehead atoms. The fraction of sp³-hybridized carbons (Fsp3) is 0.179. The van der Waals surface area contributed by atoms with Gasteiger partial charge in [0.1, 0.15) is 16.7 Å². The highest BCUT2D eigenvalue weighted by Gasteiger charge is 2.22. The monoisotopic (exact) mass is 536 g/mol. The van der Waals surface area contributed by atoms with E-state index in [9.17, 15) is 9.59 Å². The van der Waals surface area contributed by atoms with Gasteiger partial charge in [-0.1, -0.05) is 20.8 Å². The number of carbonyl (C=O) groups excluding carboxylic acids is 2. The number of H-pyrrole nitrogens is 2. The van der Waals surface area contributed by atoms with Crippen LogP contribution < -0.4 is 5.32 Å². The summed E-state index contributed by atoms with van der Waals surface area (Å²) in [5, 5.41) is 10.4. The predicted molar refractivity (Wildman–Crippen MR) is 151 cm³/mol. The quantitative estimate of drug-likeness (QED) is 0.234. The molecule has 6 aromatic rings. The van der Waals surface area contributed by atoms with Crippen molar-refractivity contribution < 1.29 is 9.59 Å². The van der Waals surface area contributed by atoms with Gasteiger partial charge in [0, 0.05) is 23.4 Å². The fourth-order valence-electron chi connectivity index (χ4n) is 4.07. The van der Waals surface area contributed by atoms with Crippen LogP contribution in [0.4, 0.5) is 5.69 Å². The topological polar surface area (TPSA) is 142 Å². The first-order valence-corrected chi connectivity index (χ1v) is 13.1. The van der Waals surface area contributed by atoms with Gasteiger partial charge >= 0.3 is 0 Å². The number of Topliss-reactive ketones (excluding diaryl/α,β-unsaturated/α-hetero) is 1. The van der Waals surface area contributed by atoms with E-state index in [1.165, 1.54) is 11.3 Å². The number of aromatic nitrogens is 7. The highest BCUT2D eigenvalue weighted by Crippen LogP contribution is 2.34. The molecular weight excluding hydrogens is 512 g/mol. The third-order valence-corrected chi connectivity index (χ3v) is 7.39. The number of pyridine rings is 3. The van der Waals surface area contributed by atoms with Crippen molar-refractivity contribution in [1.82, 2.24) is 35.1 Å². The van der Waals surface area contributed by atoms with E-state index in [0.29, 0.717) is 44.5 Å². The second-order valence-electron chi connectivity index (χ2n) is 10.2. The Morgan fingerprint density at radius 3 is 2.54 bits per heavy atom. The Morgan fingerprint density at radius 1 is 0.949 bits per heavy atom. The minimum Gasteiger partial charge on any atom is -0.336 e. The van der Waals surface area contributed by atoms with E-state index in [1.807, 2.05) is 57.2 Å². The molecule has 194 valence electrons. The maximum absolute atomic E-state index is 12.4. The smallest absolute Gasteiger partial charge is 0.229 e. The van der Waals surface area contributed by atoms with Crippen LogP contribution in [0.3, 0.4) is 0 Å². The van der Waals surface area contributed by atoms with Crippen LogP contribution in [0.1, 0.15) is 37.4 Å². The SMILES string of the molecule is CC(=O)c1ccc(-c2nccc3[nH]c(-c4n[nH]c5ccc(-c6cncc(NC(=O)C(C)(C)C)c6)nc45)nc23)s1. The van der Waals surface area contributed by atoms with Crippen LogP contribution in [-0.4, -0.2) is 46.8 Å². The van der Waals surface area contributed by atoms with Gasteiger partial charge in [0.2, 0.25) is 5.91 Å². The summed E-state index contributed by atoms with van der Waals surface area (Å²) in [5.74, 6) is 0.465. The van der Waals surface area contributed by atoms with Gasteiger partial charge in [0.05, 0.1) is 38.4 Å². The molecule has 0 aromatic carbocycles. The standard InChI is InChI=1S/C28H24N8O2S/c1-14(37)20-7-8-21(39-20)24-22-18(9-10-30-24)33-26(34-22)25-23-19(35-36-25)6-5-17(32-23)15-11-16(13-29-12-15)31-27(38)28(2,3)4/h5-13H,1-4H3,(H,31,38)(H,33,34)(H,35,36). The summed E-state index contributed by atoms with van der Waals surface area (Å²) >= 11 is 1.39. The lowest BCUT2D eigenvalue weighted by molar-refractivity contribution is -0.123. The number of rotatable bonds is 5. The molecule has 0 aliphatic carbocycles. The summed E-state index contributed by atoms with van der Waals surface area (Å²) < 4.78 is 0. The minimum atomic E-state index is -0.528. The molecule has 10 nitrogen and oxygen atoms in total. The zero-order valence-corrected chi connectivity index (χ0v) is 22.5. The Hall–Kier alpha value is -4.77. The van der Waals surface area contributed by atoms with E-state index in [-0.39, 0.29) is 11.7 Å². The first-order valence-electron chi connectivity index (χ1n) is 12.3. The maximum atomic E-state index is 12.4. The van der Waals surface area contributed by atoms with Gasteiger partial charge in [0.25, 0.3) is 0 Å². The van der Waals surface area contributed by atoms with Crippen molar-refractivity contribution in [2.45, 2.75) is 27.7 Å². The van der Waals surface area contributed by atoms with Crippen molar-refractivity contribution in [3.63, 3.8) is 0 Å². The Labute approximate surface area is 227 Å². The van der Waals surface area contributed by atoms with Crippen molar-refractivity contribution in [3.8, 4) is 33.3 Å². The van der Waals surface area contributed by atoms with Crippen LogP contribution in [-0.2, 0) is 4.79 Å². The van der Waals surface area contributed by atoms with Gasteiger partial charge < -0.3 is 10.3 Å². The number of hydrogen-bond acceptors (Lipinski definition) is 8. The molecule has 0 saturated heterocycles. The predicted octanol–water partition coefficient (Wildman–Crippen LogP) is 5.87. The van der Waals surface area contributed by atoms with Crippen molar-refractivity contribution in [2.75, 3.05) is 5.32 Å². The number of amides is 1. The zero-order valence-electron chi connectivity index (χ0n) is 21.7. The van der Waals surface area contributed by atoms with Crippen LogP contribution in [0.15, 0.2) is 55.0 Å². The van der Waals surface area contributed by atoms with Crippen LogP contribution in [0, 0.1) is 5.41 Å². The lowest BCUT2D eigenvalue weighted by Gasteiger charge is -2.17. The molecule has 3 N–H and O–H groups in total. The number of aromatic amines is 2. The summed E-state index contributed by atoms with van der Waals surface area (Å²) in [6, 6.07) is 11.2. The average molecular weight is 537 g/mol. The van der Waals surface area contributed by atoms with E-state index in [2.05, 4.69) is 30.5 Å². The van der Waals surface area contributed by atoms with Crippen LogP contribution in [0.25, 0.3) is 55.4 Å². The second-order valence-corrected chi connectivity index (χ2v) is 11.3. The van der Waals surface area contributed by atoms with Gasteiger partial charge in [-0.3, -0.25) is 24.7 Å². The molecule has 6 heterocycles. The summed E-state index contributed by atoms with van der Waals surface area (Å²) in [6.45, 7) is 7.12. The molecule has 0 unspecified atom stereocenters.